The average Bonchev–Trinajstić information content (AvgIpc) is 2.74. The van der Waals surface area contributed by atoms with Crippen molar-refractivity contribution in [2.45, 2.75) is 0 Å². The number of hydrogen-bond acceptors (Lipinski definition) is 13. The molecule has 9 N–H and O–H groups in total. The van der Waals surface area contributed by atoms with Gasteiger partial charge in [0, 0.05) is 36.4 Å². The van der Waals surface area contributed by atoms with Crippen molar-refractivity contribution in [3.8, 4) is 0 Å². The Hall–Kier alpha value is -4.84. The van der Waals surface area contributed by atoms with E-state index in [0.717, 1.165) is 0 Å². The summed E-state index contributed by atoms with van der Waals surface area (Å²) in [5, 5.41) is 30.2. The van der Waals surface area contributed by atoms with E-state index in [1.807, 2.05) is 0 Å². The Morgan fingerprint density at radius 1 is 0.571 bits per heavy atom. The first kappa shape index (κ1) is 30.2. The molecule has 188 valence electrons. The van der Waals surface area contributed by atoms with Crippen LogP contribution >= 0.6 is 7.82 Å². The fourth-order valence-electron chi connectivity index (χ4n) is 1.63. The van der Waals surface area contributed by atoms with Crippen molar-refractivity contribution < 1.29 is 49.0 Å². The minimum Gasteiger partial charge on any atom is -0.822 e. The lowest BCUT2D eigenvalue weighted by Crippen LogP contribution is -2.24. The molecular weight excluding hydrogens is 497 g/mol. The van der Waals surface area contributed by atoms with Crippen LogP contribution in [0.5, 0.6) is 0 Å². The highest BCUT2D eigenvalue weighted by Gasteiger charge is 2.06. The molecule has 0 aliphatic heterocycles. The molecule has 20 heteroatoms. The zero-order chi connectivity index (χ0) is 27.2. The summed E-state index contributed by atoms with van der Waals surface area (Å²) in [7, 11) is -5.39. The number of hydrogen-bond donors (Lipinski definition) is 3. The molecule has 0 fully saturated rings. The van der Waals surface area contributed by atoms with Gasteiger partial charge < -0.3 is 19.2 Å². The second kappa shape index (κ2) is 14.3. The Morgan fingerprint density at radius 3 is 0.886 bits per heavy atom. The summed E-state index contributed by atoms with van der Waals surface area (Å²) < 4.78 is 8.55. The van der Waals surface area contributed by atoms with Crippen LogP contribution in [0.1, 0.15) is 0 Å². The maximum Gasteiger partial charge on any atom is 0.308 e. The fraction of sp³-hybridized carbons (Fsp3) is 0. The van der Waals surface area contributed by atoms with Gasteiger partial charge in [0.15, 0.2) is 18.6 Å². The third-order valence-electron chi connectivity index (χ3n) is 3.09. The number of phosphoric acid groups is 1. The van der Waals surface area contributed by atoms with Crippen LogP contribution in [0.2, 0.25) is 0 Å². The van der Waals surface area contributed by atoms with Crippen molar-refractivity contribution in [3.63, 3.8) is 0 Å². The monoisotopic (exact) mass is 515 g/mol. The second-order valence-electron chi connectivity index (χ2n) is 5.73. The fourth-order valence-corrected chi connectivity index (χ4v) is 1.63. The lowest BCUT2D eigenvalue weighted by atomic mass is 10.4. The molecule has 0 aliphatic carbocycles. The second-order valence-corrected chi connectivity index (χ2v) is 6.62. The van der Waals surface area contributed by atoms with E-state index in [4.69, 9.17) is 36.4 Å². The van der Waals surface area contributed by atoms with Crippen LogP contribution in [0, 0.1) is 30.3 Å². The van der Waals surface area contributed by atoms with Crippen molar-refractivity contribution in [3.05, 3.63) is 85.3 Å². The smallest absolute Gasteiger partial charge is 0.308 e. The zero-order valence-electron chi connectivity index (χ0n) is 17.3. The van der Waals surface area contributed by atoms with Gasteiger partial charge in [-0.1, -0.05) is 0 Å². The number of aromatic amines is 3. The SMILES string of the molecule is Nc1ccc([N+](=O)[O-])c[nH+]1.Nc1ccc([N+](=O)[O-])c[nH+]1.Nc1ccc([N+](=O)[O-])c[nH+]1.O=P([O-])([O-])[O-]. The molecule has 0 aliphatic rings. The number of anilines is 3. The molecule has 0 aromatic carbocycles. The Bertz CT molecular complexity index is 1020. The summed E-state index contributed by atoms with van der Waals surface area (Å²) in [6.45, 7) is 0. The first-order chi connectivity index (χ1) is 16.1. The van der Waals surface area contributed by atoms with Crippen molar-refractivity contribution in [1.82, 2.24) is 0 Å². The van der Waals surface area contributed by atoms with Crippen molar-refractivity contribution >= 4 is 42.3 Å². The summed E-state index contributed by atoms with van der Waals surface area (Å²) in [4.78, 5) is 61.9. The molecule has 0 bridgehead atoms. The quantitative estimate of drug-likeness (QED) is 0.180. The highest BCUT2D eigenvalue weighted by Crippen LogP contribution is 2.07. The number of nitrogen functional groups attached to an aromatic ring is 3. The molecule has 0 atom stereocenters. The van der Waals surface area contributed by atoms with E-state index in [-0.39, 0.29) is 17.1 Å². The van der Waals surface area contributed by atoms with Crippen LogP contribution < -0.4 is 46.8 Å². The molecule has 3 aromatic heterocycles. The molecule has 0 saturated carbocycles. The molecule has 3 heterocycles. The molecule has 0 radical (unpaired) electrons. The molecule has 0 saturated heterocycles. The number of nitrogens with one attached hydrogen (secondary N) is 3. The molecule has 0 amide bonds. The first-order valence-electron chi connectivity index (χ1n) is 8.58. The van der Waals surface area contributed by atoms with Gasteiger partial charge in [-0.15, -0.1) is 0 Å². The minimum atomic E-state index is -5.39. The predicted molar refractivity (Wildman–Crippen MR) is 110 cm³/mol. The van der Waals surface area contributed by atoms with Gasteiger partial charge in [0.2, 0.25) is 0 Å². The molecule has 3 rings (SSSR count). The molecule has 0 spiro atoms. The Morgan fingerprint density at radius 2 is 0.771 bits per heavy atom. The number of nitro groups is 3. The van der Waals surface area contributed by atoms with Crippen LogP contribution in [0.25, 0.3) is 0 Å². The Kier molecular flexibility index (Phi) is 12.4. The van der Waals surface area contributed by atoms with Gasteiger partial charge in [-0.3, -0.25) is 47.5 Å². The number of pyridine rings is 3. The van der Waals surface area contributed by atoms with E-state index >= 15 is 0 Å². The molecular formula is C15H18N9O10P. The van der Waals surface area contributed by atoms with E-state index in [9.17, 15) is 30.3 Å². The lowest BCUT2D eigenvalue weighted by molar-refractivity contribution is -0.432. The topological polar surface area (TPSA) is 336 Å². The first-order valence-corrected chi connectivity index (χ1v) is 10.0. The number of nitrogens with zero attached hydrogens (tertiary/aromatic N) is 3. The van der Waals surface area contributed by atoms with Crippen LogP contribution in [0.15, 0.2) is 55.0 Å². The highest BCUT2D eigenvalue weighted by atomic mass is 31.2. The van der Waals surface area contributed by atoms with Gasteiger partial charge in [0.05, 0.1) is 14.8 Å². The van der Waals surface area contributed by atoms with E-state index in [0.29, 0.717) is 17.5 Å². The van der Waals surface area contributed by atoms with Crippen molar-refractivity contribution in [2.24, 2.45) is 0 Å². The predicted octanol–water partition coefficient (Wildman–Crippen LogP) is -2.85. The molecule has 35 heavy (non-hydrogen) atoms. The van der Waals surface area contributed by atoms with Gasteiger partial charge >= 0.3 is 17.1 Å². The van der Waals surface area contributed by atoms with Gasteiger partial charge in [0.1, 0.15) is 0 Å². The van der Waals surface area contributed by atoms with E-state index in [1.165, 1.54) is 55.0 Å². The third-order valence-corrected chi connectivity index (χ3v) is 3.09. The highest BCUT2D eigenvalue weighted by molar-refractivity contribution is 7.40. The lowest BCUT2D eigenvalue weighted by Gasteiger charge is -2.36. The van der Waals surface area contributed by atoms with Gasteiger partial charge in [0.25, 0.3) is 17.5 Å². The van der Waals surface area contributed by atoms with Crippen LogP contribution in [0.4, 0.5) is 34.5 Å². The third kappa shape index (κ3) is 15.6. The Balaban J connectivity index is 0.000000453. The molecule has 0 unspecified atom stereocenters. The van der Waals surface area contributed by atoms with E-state index in [2.05, 4.69) is 15.0 Å². The van der Waals surface area contributed by atoms with Gasteiger partial charge in [-0.05, 0) is 0 Å². The van der Waals surface area contributed by atoms with Crippen molar-refractivity contribution in [2.75, 3.05) is 17.2 Å². The van der Waals surface area contributed by atoms with Gasteiger partial charge in [-0.2, -0.15) is 7.82 Å². The summed E-state index contributed by atoms with van der Waals surface area (Å²) in [5.41, 5.74) is 15.8. The summed E-state index contributed by atoms with van der Waals surface area (Å²) >= 11 is 0. The van der Waals surface area contributed by atoms with Crippen LogP contribution in [-0.4, -0.2) is 14.8 Å². The van der Waals surface area contributed by atoms with Crippen LogP contribution in [0.3, 0.4) is 0 Å². The number of rotatable bonds is 3. The van der Waals surface area contributed by atoms with E-state index < -0.39 is 22.6 Å². The number of nitrogens with two attached hydrogens (primary N) is 3. The maximum absolute atomic E-state index is 10.1. The molecule has 19 nitrogen and oxygen atoms in total. The number of aromatic nitrogens is 3. The summed E-state index contributed by atoms with van der Waals surface area (Å²) in [6, 6.07) is 8.35. The van der Waals surface area contributed by atoms with Gasteiger partial charge in [-0.25, -0.2) is 15.0 Å². The zero-order valence-corrected chi connectivity index (χ0v) is 18.2. The largest absolute Gasteiger partial charge is 0.822 e. The molecule has 3 aromatic rings. The van der Waals surface area contributed by atoms with Crippen LogP contribution in [-0.2, 0) is 4.57 Å². The standard InChI is InChI=1S/3C5H5N3O2.H3O4P/c3*6-5-2-1-4(3-7-5)8(9)10;1-5(2,3)4/h3*1-3H,(H2,6,7);(H3,1,2,3,4). The minimum absolute atomic E-state index is 0.00852. The number of H-pyrrole nitrogens is 3. The summed E-state index contributed by atoms with van der Waals surface area (Å²) in [6.07, 6.45) is 3.74. The van der Waals surface area contributed by atoms with Crippen molar-refractivity contribution in [1.29, 1.82) is 0 Å². The van der Waals surface area contributed by atoms with E-state index in [1.54, 1.807) is 0 Å². The maximum atomic E-state index is 10.1. The summed E-state index contributed by atoms with van der Waals surface area (Å²) in [5.74, 6) is 1.22. The average molecular weight is 515 g/mol. The Labute approximate surface area is 194 Å². The normalized spacial score (nSPS) is 9.57.